The third-order valence-corrected chi connectivity index (χ3v) is 2.28. The van der Waals surface area contributed by atoms with E-state index in [0.29, 0.717) is 5.56 Å². The molecule has 0 atom stereocenters. The minimum atomic E-state index is -1.35. The summed E-state index contributed by atoms with van der Waals surface area (Å²) in [5, 5.41) is 13.5. The zero-order valence-corrected chi connectivity index (χ0v) is 11.3. The van der Waals surface area contributed by atoms with Gasteiger partial charge in [0.05, 0.1) is 5.97 Å². The first-order valence-corrected chi connectivity index (χ1v) is 5.22. The number of nitrogens with zero attached hydrogens (tertiary/aromatic N) is 1. The molecule has 0 aliphatic heterocycles. The van der Waals surface area contributed by atoms with E-state index in [1.165, 1.54) is 6.20 Å². The molecule has 1 aromatic rings. The molecule has 1 N–H and O–H groups in total. The van der Waals surface area contributed by atoms with Gasteiger partial charge in [0.25, 0.3) is 0 Å². The Kier molecular flexibility index (Phi) is 5.59. The van der Waals surface area contributed by atoms with Crippen LogP contribution in [0.25, 0.3) is 0 Å². The third kappa shape index (κ3) is 3.86. The normalized spacial score (nSPS) is 10.4. The maximum Gasteiger partial charge on any atom is 1.00 e. The monoisotopic (exact) mass is 242 g/mol. The molecule has 0 fully saturated rings. The molecule has 5 nitrogen and oxygen atoms in total. The first kappa shape index (κ1) is 16.7. The van der Waals surface area contributed by atoms with Crippen molar-refractivity contribution in [2.24, 2.45) is 5.41 Å². The van der Waals surface area contributed by atoms with Crippen molar-refractivity contribution < 1.29 is 33.6 Å². The fourth-order valence-electron chi connectivity index (χ4n) is 1.21. The molecule has 0 unspecified atom stereocenters. The van der Waals surface area contributed by atoms with Gasteiger partial charge in [-0.05, 0) is 18.6 Å². The molecule has 6 heteroatoms. The second-order valence-electron chi connectivity index (χ2n) is 4.84. The van der Waals surface area contributed by atoms with Crippen molar-refractivity contribution in [1.29, 1.82) is 0 Å². The first-order chi connectivity index (χ1) is 7.73. The Bertz CT molecular complexity index is 467. The average molecular weight is 242 g/mol. The minimum absolute atomic E-state index is 0. The van der Waals surface area contributed by atoms with Gasteiger partial charge in [0, 0.05) is 17.2 Å². The summed E-state index contributed by atoms with van der Waals surface area (Å²) >= 11 is 0. The van der Waals surface area contributed by atoms with Crippen LogP contribution in [0.2, 0.25) is 0 Å². The Morgan fingerprint density at radius 1 is 1.33 bits per heavy atom. The van der Waals surface area contributed by atoms with Crippen LogP contribution in [0, 0.1) is 12.3 Å². The fraction of sp³-hybridized carbons (Fsp3) is 0.417. The van der Waals surface area contributed by atoms with Gasteiger partial charge >= 0.3 is 18.9 Å². The molecule has 0 spiro atoms. The second kappa shape index (κ2) is 6.03. The number of amides is 1. The molecule has 0 bridgehead atoms. The summed E-state index contributed by atoms with van der Waals surface area (Å²) in [4.78, 5) is 26.6. The van der Waals surface area contributed by atoms with Crippen LogP contribution in [-0.4, -0.2) is 16.9 Å². The van der Waals surface area contributed by atoms with Crippen LogP contribution in [0.1, 0.15) is 36.7 Å². The number of rotatable bonds is 2. The van der Waals surface area contributed by atoms with E-state index in [4.69, 9.17) is 0 Å². The van der Waals surface area contributed by atoms with Crippen molar-refractivity contribution in [2.45, 2.75) is 27.7 Å². The number of aromatic nitrogens is 1. The molecule has 0 aliphatic rings. The zero-order valence-electron chi connectivity index (χ0n) is 11.3. The molecule has 1 heterocycles. The summed E-state index contributed by atoms with van der Waals surface area (Å²) in [5.74, 6) is -1.61. The van der Waals surface area contributed by atoms with Gasteiger partial charge in [0.1, 0.15) is 5.82 Å². The van der Waals surface area contributed by atoms with E-state index in [2.05, 4.69) is 10.3 Å². The summed E-state index contributed by atoms with van der Waals surface area (Å²) in [6, 6.07) is 1.55. The molecule has 92 valence electrons. The Morgan fingerprint density at radius 3 is 2.33 bits per heavy atom. The number of hydrogen-bond acceptors (Lipinski definition) is 4. The number of carbonyl (C=O) groups excluding carboxylic acids is 2. The number of carbonyl (C=O) groups is 2. The van der Waals surface area contributed by atoms with E-state index in [9.17, 15) is 14.7 Å². The number of nitrogens with one attached hydrogen (secondary N) is 1. The molecular weight excluding hydrogens is 227 g/mol. The molecule has 0 saturated heterocycles. The van der Waals surface area contributed by atoms with E-state index < -0.39 is 11.4 Å². The van der Waals surface area contributed by atoms with Gasteiger partial charge in [-0.15, -0.1) is 0 Å². The Morgan fingerprint density at radius 2 is 1.89 bits per heavy atom. The van der Waals surface area contributed by atoms with Gasteiger partial charge in [-0.2, -0.15) is 0 Å². The van der Waals surface area contributed by atoms with Gasteiger partial charge in [0.15, 0.2) is 0 Å². The number of carboxylic acid groups (broad SMARTS) is 1. The maximum atomic E-state index is 11.8. The van der Waals surface area contributed by atoms with Crippen LogP contribution >= 0.6 is 0 Å². The van der Waals surface area contributed by atoms with E-state index in [0.717, 1.165) is 0 Å². The number of hydrogen-bond donors (Lipinski definition) is 1. The van der Waals surface area contributed by atoms with E-state index in [1.807, 2.05) is 0 Å². The molecule has 0 radical (unpaired) electrons. The molecule has 18 heavy (non-hydrogen) atoms. The van der Waals surface area contributed by atoms with Crippen LogP contribution in [0.15, 0.2) is 12.3 Å². The van der Waals surface area contributed by atoms with E-state index >= 15 is 0 Å². The van der Waals surface area contributed by atoms with Gasteiger partial charge in [0.2, 0.25) is 5.91 Å². The number of anilines is 1. The Labute approximate surface area is 118 Å². The SMILES string of the molecule is Cc1ccnc(NC(=O)C(C)(C)C)c1C(=O)[O-].[Li+]. The van der Waals surface area contributed by atoms with Crippen molar-refractivity contribution in [3.8, 4) is 0 Å². The quantitative estimate of drug-likeness (QED) is 0.593. The van der Waals surface area contributed by atoms with E-state index in [1.54, 1.807) is 33.8 Å². The predicted octanol–water partition coefficient (Wildman–Crippen LogP) is -2.26. The topological polar surface area (TPSA) is 82.1 Å². The number of aryl methyl sites for hydroxylation is 1. The van der Waals surface area contributed by atoms with Gasteiger partial charge in [-0.3, -0.25) is 4.79 Å². The Balaban J connectivity index is 0.00000289. The molecule has 0 saturated carbocycles. The molecule has 1 aromatic heterocycles. The smallest absolute Gasteiger partial charge is 0.545 e. The summed E-state index contributed by atoms with van der Waals surface area (Å²) in [5.41, 5.74) is -0.191. The van der Waals surface area contributed by atoms with Crippen molar-refractivity contribution >= 4 is 17.7 Å². The van der Waals surface area contributed by atoms with Crippen LogP contribution in [0.3, 0.4) is 0 Å². The standard InChI is InChI=1S/C12H16N2O3.Li/c1-7-5-6-13-9(8(7)10(15)16)14-11(17)12(2,3)4;/h5-6H,1-4H3,(H,15,16)(H,13,14,17);/q;+1/p-1. The zero-order chi connectivity index (χ0) is 13.2. The van der Waals surface area contributed by atoms with Crippen LogP contribution in [0.4, 0.5) is 5.82 Å². The third-order valence-electron chi connectivity index (χ3n) is 2.28. The fourth-order valence-corrected chi connectivity index (χ4v) is 1.21. The molecule has 0 aliphatic carbocycles. The number of pyridine rings is 1. The van der Waals surface area contributed by atoms with Crippen LogP contribution in [0.5, 0.6) is 0 Å². The molecule has 1 rings (SSSR count). The minimum Gasteiger partial charge on any atom is -0.545 e. The summed E-state index contributed by atoms with van der Waals surface area (Å²) < 4.78 is 0. The maximum absolute atomic E-state index is 11.8. The Hall–Kier alpha value is -1.31. The van der Waals surface area contributed by atoms with Crippen LogP contribution in [-0.2, 0) is 4.79 Å². The van der Waals surface area contributed by atoms with Crippen molar-refractivity contribution in [1.82, 2.24) is 4.98 Å². The summed E-state index contributed by atoms with van der Waals surface area (Å²) in [7, 11) is 0. The van der Waals surface area contributed by atoms with Gasteiger partial charge < -0.3 is 15.2 Å². The molecular formula is C12H15LiN2O3. The van der Waals surface area contributed by atoms with Crippen LogP contribution < -0.4 is 29.3 Å². The van der Waals surface area contributed by atoms with Crippen molar-refractivity contribution in [3.63, 3.8) is 0 Å². The molecule has 1 amide bonds. The van der Waals surface area contributed by atoms with Gasteiger partial charge in [-0.1, -0.05) is 20.8 Å². The predicted molar refractivity (Wildman–Crippen MR) is 61.4 cm³/mol. The van der Waals surface area contributed by atoms with Crippen molar-refractivity contribution in [3.05, 3.63) is 23.4 Å². The van der Waals surface area contributed by atoms with Crippen molar-refractivity contribution in [2.75, 3.05) is 5.32 Å². The first-order valence-electron chi connectivity index (χ1n) is 5.22. The number of carboxylic acids is 1. The molecule has 0 aromatic carbocycles. The largest absolute Gasteiger partial charge is 1.00 e. The summed E-state index contributed by atoms with van der Waals surface area (Å²) in [6.07, 6.45) is 1.44. The number of aromatic carboxylic acids is 1. The van der Waals surface area contributed by atoms with Gasteiger partial charge in [-0.25, -0.2) is 4.98 Å². The van der Waals surface area contributed by atoms with E-state index in [-0.39, 0.29) is 36.1 Å². The summed E-state index contributed by atoms with van der Waals surface area (Å²) in [6.45, 7) is 6.82. The second-order valence-corrected chi connectivity index (χ2v) is 4.84. The average Bonchev–Trinajstić information content (AvgIpc) is 2.15.